The largest absolute Gasteiger partial charge is 0.396 e. The fraction of sp³-hybridized carbons (Fsp3) is 0.286. The number of nitrogens with two attached hydrogens (primary N) is 1. The van der Waals surface area contributed by atoms with Gasteiger partial charge in [0.25, 0.3) is 0 Å². The highest BCUT2D eigenvalue weighted by molar-refractivity contribution is 5.91. The second-order valence-electron chi connectivity index (χ2n) is 5.36. The summed E-state index contributed by atoms with van der Waals surface area (Å²) < 4.78 is 41.1. The van der Waals surface area contributed by atoms with Crippen molar-refractivity contribution in [1.82, 2.24) is 0 Å². The van der Waals surface area contributed by atoms with Crippen LogP contribution in [0.25, 0.3) is 10.8 Å². The predicted molar refractivity (Wildman–Crippen MR) is 66.9 cm³/mol. The Morgan fingerprint density at radius 3 is 2.17 bits per heavy atom. The van der Waals surface area contributed by atoms with Crippen LogP contribution in [0.15, 0.2) is 18.2 Å². The molecule has 18 heavy (non-hydrogen) atoms. The Morgan fingerprint density at radius 2 is 1.61 bits per heavy atom. The number of nitrogen functional groups attached to an aromatic ring is 1. The van der Waals surface area contributed by atoms with E-state index in [-0.39, 0.29) is 16.5 Å². The van der Waals surface area contributed by atoms with E-state index in [0.717, 1.165) is 6.07 Å². The first-order chi connectivity index (χ1) is 8.23. The molecule has 0 aliphatic heterocycles. The fourth-order valence-corrected chi connectivity index (χ4v) is 2.03. The molecule has 0 saturated heterocycles. The van der Waals surface area contributed by atoms with E-state index in [1.807, 2.05) is 20.8 Å². The van der Waals surface area contributed by atoms with Crippen molar-refractivity contribution in [2.75, 3.05) is 5.73 Å². The van der Waals surface area contributed by atoms with Crippen LogP contribution in [0.1, 0.15) is 26.3 Å². The first-order valence-corrected chi connectivity index (χ1v) is 5.59. The van der Waals surface area contributed by atoms with Gasteiger partial charge in [0.2, 0.25) is 0 Å². The van der Waals surface area contributed by atoms with Crippen molar-refractivity contribution in [1.29, 1.82) is 0 Å². The zero-order valence-electron chi connectivity index (χ0n) is 10.4. The summed E-state index contributed by atoms with van der Waals surface area (Å²) in [6.45, 7) is 5.51. The molecular weight excluding hydrogens is 239 g/mol. The number of benzene rings is 2. The molecule has 2 aromatic carbocycles. The highest BCUT2D eigenvalue weighted by Gasteiger charge is 2.23. The van der Waals surface area contributed by atoms with Gasteiger partial charge in [0.15, 0.2) is 17.5 Å². The maximum Gasteiger partial charge on any atom is 0.167 e. The third-order valence-corrected chi connectivity index (χ3v) is 2.96. The number of halogens is 3. The summed E-state index contributed by atoms with van der Waals surface area (Å²) in [5.41, 5.74) is 5.55. The lowest BCUT2D eigenvalue weighted by molar-refractivity contribution is 0.512. The number of hydrogen-bond acceptors (Lipinski definition) is 1. The standard InChI is InChI=1S/C14H14F3N/c1-14(2,3)8-6-10(18)12(16)7-4-5-9(15)13(17)11(7)8/h4-6H,18H2,1-3H3. The molecule has 0 aliphatic carbocycles. The van der Waals surface area contributed by atoms with Crippen molar-refractivity contribution in [2.24, 2.45) is 0 Å². The molecule has 0 heterocycles. The van der Waals surface area contributed by atoms with E-state index in [1.165, 1.54) is 12.1 Å². The molecule has 1 nitrogen and oxygen atoms in total. The Labute approximate surface area is 103 Å². The molecule has 0 radical (unpaired) electrons. The van der Waals surface area contributed by atoms with Gasteiger partial charge in [-0.25, -0.2) is 13.2 Å². The maximum atomic E-state index is 13.9. The summed E-state index contributed by atoms with van der Waals surface area (Å²) in [6, 6.07) is 3.50. The van der Waals surface area contributed by atoms with E-state index in [1.54, 1.807) is 0 Å². The molecule has 2 N–H and O–H groups in total. The molecule has 2 aromatic rings. The Morgan fingerprint density at radius 1 is 1.00 bits per heavy atom. The summed E-state index contributed by atoms with van der Waals surface area (Å²) >= 11 is 0. The van der Waals surface area contributed by atoms with Gasteiger partial charge in [-0.2, -0.15) is 0 Å². The Bertz CT molecular complexity index is 627. The lowest BCUT2D eigenvalue weighted by atomic mass is 9.83. The number of rotatable bonds is 0. The third kappa shape index (κ3) is 1.82. The van der Waals surface area contributed by atoms with Crippen LogP contribution in [0.5, 0.6) is 0 Å². The third-order valence-electron chi connectivity index (χ3n) is 2.96. The Balaban J connectivity index is 3.03. The molecule has 0 amide bonds. The Hall–Kier alpha value is -1.71. The van der Waals surface area contributed by atoms with Gasteiger partial charge in [0.1, 0.15) is 0 Å². The highest BCUT2D eigenvalue weighted by atomic mass is 19.2. The molecule has 0 unspecified atom stereocenters. The molecule has 0 spiro atoms. The molecule has 4 heteroatoms. The predicted octanol–water partition coefficient (Wildman–Crippen LogP) is 4.14. The van der Waals surface area contributed by atoms with Crippen LogP contribution >= 0.6 is 0 Å². The van der Waals surface area contributed by atoms with Gasteiger partial charge in [-0.1, -0.05) is 20.8 Å². The first kappa shape index (κ1) is 12.7. The van der Waals surface area contributed by atoms with E-state index in [4.69, 9.17) is 5.73 Å². The number of anilines is 1. The summed E-state index contributed by atoms with van der Waals surface area (Å²) in [5.74, 6) is -2.73. The van der Waals surface area contributed by atoms with E-state index in [0.29, 0.717) is 5.56 Å². The van der Waals surface area contributed by atoms with Gasteiger partial charge in [-0.05, 0) is 29.2 Å². The summed E-state index contributed by atoms with van der Waals surface area (Å²) in [6.07, 6.45) is 0. The quantitative estimate of drug-likeness (QED) is 0.702. The van der Waals surface area contributed by atoms with Crippen LogP contribution in [0.2, 0.25) is 0 Å². The van der Waals surface area contributed by atoms with Gasteiger partial charge in [-0.3, -0.25) is 0 Å². The van der Waals surface area contributed by atoms with Crippen molar-refractivity contribution >= 4 is 16.5 Å². The first-order valence-electron chi connectivity index (χ1n) is 5.59. The van der Waals surface area contributed by atoms with Crippen LogP contribution in [0.4, 0.5) is 18.9 Å². The van der Waals surface area contributed by atoms with E-state index >= 15 is 0 Å². The van der Waals surface area contributed by atoms with Crippen molar-refractivity contribution in [3.8, 4) is 0 Å². The maximum absolute atomic E-state index is 13.9. The van der Waals surface area contributed by atoms with Gasteiger partial charge in [-0.15, -0.1) is 0 Å². The minimum atomic E-state index is -1.03. The monoisotopic (exact) mass is 253 g/mol. The average Bonchev–Trinajstić information content (AvgIpc) is 2.26. The zero-order valence-corrected chi connectivity index (χ0v) is 10.4. The minimum Gasteiger partial charge on any atom is -0.396 e. The topological polar surface area (TPSA) is 26.0 Å². The molecule has 2 rings (SSSR count). The van der Waals surface area contributed by atoms with Crippen molar-refractivity contribution in [3.05, 3.63) is 41.2 Å². The second-order valence-corrected chi connectivity index (χ2v) is 5.36. The van der Waals surface area contributed by atoms with Crippen molar-refractivity contribution in [2.45, 2.75) is 26.2 Å². The van der Waals surface area contributed by atoms with E-state index in [9.17, 15) is 13.2 Å². The molecular formula is C14H14F3N. The molecule has 0 bridgehead atoms. The van der Waals surface area contributed by atoms with Gasteiger partial charge in [0.05, 0.1) is 5.69 Å². The molecule has 0 saturated carbocycles. The van der Waals surface area contributed by atoms with E-state index < -0.39 is 22.9 Å². The van der Waals surface area contributed by atoms with Crippen LogP contribution < -0.4 is 5.73 Å². The lowest BCUT2D eigenvalue weighted by Crippen LogP contribution is -2.14. The van der Waals surface area contributed by atoms with Crippen LogP contribution in [0.3, 0.4) is 0 Å². The molecule has 0 aromatic heterocycles. The van der Waals surface area contributed by atoms with Crippen LogP contribution in [0, 0.1) is 17.5 Å². The average molecular weight is 253 g/mol. The van der Waals surface area contributed by atoms with Crippen LogP contribution in [-0.2, 0) is 5.41 Å². The minimum absolute atomic E-state index is 0.0128. The van der Waals surface area contributed by atoms with Crippen molar-refractivity contribution < 1.29 is 13.2 Å². The summed E-state index contributed by atoms with van der Waals surface area (Å²) in [4.78, 5) is 0. The van der Waals surface area contributed by atoms with Crippen molar-refractivity contribution in [3.63, 3.8) is 0 Å². The van der Waals surface area contributed by atoms with E-state index in [2.05, 4.69) is 0 Å². The SMILES string of the molecule is CC(C)(C)c1cc(N)c(F)c2ccc(F)c(F)c12. The lowest BCUT2D eigenvalue weighted by Gasteiger charge is -2.22. The molecule has 96 valence electrons. The number of hydrogen-bond donors (Lipinski definition) is 1. The normalized spacial score (nSPS) is 12.1. The second kappa shape index (κ2) is 3.90. The van der Waals surface area contributed by atoms with Crippen LogP contribution in [-0.4, -0.2) is 0 Å². The van der Waals surface area contributed by atoms with Gasteiger partial charge >= 0.3 is 0 Å². The molecule has 0 aliphatic rings. The summed E-state index contributed by atoms with van der Waals surface area (Å²) in [7, 11) is 0. The zero-order chi connectivity index (χ0) is 13.7. The molecule has 0 atom stereocenters. The smallest absolute Gasteiger partial charge is 0.167 e. The van der Waals surface area contributed by atoms with Gasteiger partial charge in [0, 0.05) is 10.8 Å². The van der Waals surface area contributed by atoms with Gasteiger partial charge < -0.3 is 5.73 Å². The highest BCUT2D eigenvalue weighted by Crippen LogP contribution is 2.36. The fourth-order valence-electron chi connectivity index (χ4n) is 2.03. The molecule has 0 fully saturated rings. The Kier molecular flexibility index (Phi) is 2.76. The summed E-state index contributed by atoms with van der Waals surface area (Å²) in [5, 5.41) is -0.0203. The number of fused-ring (bicyclic) bond motifs is 1.